The SMILES string of the molecule is COc1ccc([C@@H]2C[C@@H]([C@H]3C(=O)CCC[C@@H]3O)C3=C(CCCC3=O)O2)cc1. The monoisotopic (exact) mass is 370 g/mol. The zero-order valence-electron chi connectivity index (χ0n) is 15.6. The highest BCUT2D eigenvalue weighted by Gasteiger charge is 2.46. The summed E-state index contributed by atoms with van der Waals surface area (Å²) in [6, 6.07) is 7.72. The lowest BCUT2D eigenvalue weighted by Crippen LogP contribution is -2.43. The third kappa shape index (κ3) is 3.41. The Morgan fingerprint density at radius 1 is 1.07 bits per heavy atom. The molecule has 144 valence electrons. The lowest BCUT2D eigenvalue weighted by Gasteiger charge is -2.41. The van der Waals surface area contributed by atoms with Crippen molar-refractivity contribution in [3.63, 3.8) is 0 Å². The van der Waals surface area contributed by atoms with Gasteiger partial charge in [-0.15, -0.1) is 0 Å². The number of aliphatic hydroxyl groups excluding tert-OH is 1. The minimum atomic E-state index is -0.672. The fourth-order valence-corrected chi connectivity index (χ4v) is 4.83. The van der Waals surface area contributed by atoms with Crippen molar-refractivity contribution in [2.24, 2.45) is 11.8 Å². The molecule has 3 aliphatic rings. The van der Waals surface area contributed by atoms with E-state index in [-0.39, 0.29) is 23.6 Å². The Balaban J connectivity index is 1.70. The van der Waals surface area contributed by atoms with Crippen LogP contribution in [0.1, 0.15) is 56.6 Å². The van der Waals surface area contributed by atoms with E-state index in [1.807, 2.05) is 24.3 Å². The molecule has 0 bridgehead atoms. The van der Waals surface area contributed by atoms with E-state index in [0.29, 0.717) is 31.3 Å². The van der Waals surface area contributed by atoms with Gasteiger partial charge < -0.3 is 14.6 Å². The lowest BCUT2D eigenvalue weighted by atomic mass is 9.68. The molecule has 0 saturated heterocycles. The smallest absolute Gasteiger partial charge is 0.162 e. The standard InChI is InChI=1S/C22H26O5/c1-26-14-10-8-13(9-11-14)20-12-15(21-16(23)4-2-5-17(21)24)22-18(25)6-3-7-19(22)27-20/h8-11,15-16,20-21,23H,2-7,12H2,1H3/t15-,16-,20-,21+/m0/s1. The summed E-state index contributed by atoms with van der Waals surface area (Å²) in [5, 5.41) is 10.6. The molecule has 0 unspecified atom stereocenters. The number of aliphatic hydroxyl groups is 1. The molecule has 0 spiro atoms. The molecular formula is C22H26O5. The maximum atomic E-state index is 12.7. The number of methoxy groups -OCH3 is 1. The number of carbonyl (C=O) groups excluding carboxylic acids is 2. The van der Waals surface area contributed by atoms with E-state index in [4.69, 9.17) is 9.47 Å². The molecule has 2 aliphatic carbocycles. The van der Waals surface area contributed by atoms with Crippen LogP contribution in [0.3, 0.4) is 0 Å². The molecule has 0 radical (unpaired) electrons. The molecule has 1 aromatic carbocycles. The van der Waals surface area contributed by atoms with Crippen LogP contribution in [0.15, 0.2) is 35.6 Å². The average Bonchev–Trinajstić information content (AvgIpc) is 2.68. The predicted octanol–water partition coefficient (Wildman–Crippen LogP) is 3.51. The second-order valence-corrected chi connectivity index (χ2v) is 7.79. The Kier molecular flexibility index (Phi) is 5.04. The van der Waals surface area contributed by atoms with Crippen LogP contribution in [-0.2, 0) is 14.3 Å². The Labute approximate surface area is 159 Å². The number of benzene rings is 1. The van der Waals surface area contributed by atoms with Crippen molar-refractivity contribution in [1.29, 1.82) is 0 Å². The second-order valence-electron chi connectivity index (χ2n) is 7.79. The van der Waals surface area contributed by atoms with Gasteiger partial charge in [-0.2, -0.15) is 0 Å². The number of Topliss-reactive ketones (excluding diaryl/α,β-unsaturated/α-hetero) is 2. The summed E-state index contributed by atoms with van der Waals surface area (Å²) in [5.41, 5.74) is 1.67. The zero-order chi connectivity index (χ0) is 19.0. The molecule has 0 aromatic heterocycles. The summed E-state index contributed by atoms with van der Waals surface area (Å²) < 4.78 is 11.5. The first-order valence-electron chi connectivity index (χ1n) is 9.86. The minimum Gasteiger partial charge on any atom is -0.497 e. The number of hydrogen-bond acceptors (Lipinski definition) is 5. The van der Waals surface area contributed by atoms with Gasteiger partial charge in [0.15, 0.2) is 5.78 Å². The lowest BCUT2D eigenvalue weighted by molar-refractivity contribution is -0.133. The molecule has 4 rings (SSSR count). The van der Waals surface area contributed by atoms with Gasteiger partial charge >= 0.3 is 0 Å². The van der Waals surface area contributed by atoms with Crippen LogP contribution in [0.5, 0.6) is 5.75 Å². The van der Waals surface area contributed by atoms with Crippen molar-refractivity contribution in [2.45, 2.75) is 57.2 Å². The fraction of sp³-hybridized carbons (Fsp3) is 0.545. The molecule has 5 heteroatoms. The van der Waals surface area contributed by atoms with E-state index in [2.05, 4.69) is 0 Å². The first-order valence-corrected chi connectivity index (χ1v) is 9.86. The van der Waals surface area contributed by atoms with Gasteiger partial charge in [0.05, 0.1) is 19.1 Å². The first kappa shape index (κ1) is 18.2. The summed E-state index contributed by atoms with van der Waals surface area (Å²) in [5.74, 6) is 0.928. The van der Waals surface area contributed by atoms with Crippen molar-refractivity contribution >= 4 is 11.6 Å². The van der Waals surface area contributed by atoms with Gasteiger partial charge in [0, 0.05) is 30.8 Å². The molecule has 0 amide bonds. The third-order valence-electron chi connectivity index (χ3n) is 6.16. The van der Waals surface area contributed by atoms with Crippen LogP contribution in [0.25, 0.3) is 0 Å². The van der Waals surface area contributed by atoms with Crippen LogP contribution < -0.4 is 4.74 Å². The molecule has 1 N–H and O–H groups in total. The maximum absolute atomic E-state index is 12.7. The van der Waals surface area contributed by atoms with Gasteiger partial charge in [0.1, 0.15) is 23.4 Å². The summed E-state index contributed by atoms with van der Waals surface area (Å²) in [6.07, 6.45) is 3.50. The molecule has 1 aliphatic heterocycles. The van der Waals surface area contributed by atoms with Gasteiger partial charge in [-0.25, -0.2) is 0 Å². The molecule has 1 heterocycles. The number of allylic oxidation sites excluding steroid dienone is 2. The van der Waals surface area contributed by atoms with Crippen molar-refractivity contribution in [3.05, 3.63) is 41.2 Å². The van der Waals surface area contributed by atoms with Gasteiger partial charge in [0.2, 0.25) is 0 Å². The maximum Gasteiger partial charge on any atom is 0.162 e. The molecule has 4 atom stereocenters. The van der Waals surface area contributed by atoms with E-state index in [0.717, 1.165) is 36.3 Å². The van der Waals surface area contributed by atoms with E-state index in [1.54, 1.807) is 7.11 Å². The molecular weight excluding hydrogens is 344 g/mol. The van der Waals surface area contributed by atoms with Crippen LogP contribution in [0.2, 0.25) is 0 Å². The van der Waals surface area contributed by atoms with Crippen molar-refractivity contribution in [1.82, 2.24) is 0 Å². The Morgan fingerprint density at radius 3 is 2.56 bits per heavy atom. The summed E-state index contributed by atoms with van der Waals surface area (Å²) >= 11 is 0. The highest BCUT2D eigenvalue weighted by molar-refractivity contribution is 5.98. The summed E-state index contributed by atoms with van der Waals surface area (Å²) in [4.78, 5) is 25.3. The zero-order valence-corrected chi connectivity index (χ0v) is 15.6. The molecule has 1 fully saturated rings. The highest BCUT2D eigenvalue weighted by Crippen LogP contribution is 2.47. The van der Waals surface area contributed by atoms with E-state index in [9.17, 15) is 14.7 Å². The van der Waals surface area contributed by atoms with E-state index in [1.165, 1.54) is 0 Å². The van der Waals surface area contributed by atoms with Crippen molar-refractivity contribution < 1.29 is 24.2 Å². The van der Waals surface area contributed by atoms with Crippen LogP contribution in [-0.4, -0.2) is 29.9 Å². The van der Waals surface area contributed by atoms with Crippen LogP contribution in [0.4, 0.5) is 0 Å². The third-order valence-corrected chi connectivity index (χ3v) is 6.16. The van der Waals surface area contributed by atoms with E-state index >= 15 is 0 Å². The molecule has 1 saturated carbocycles. The normalized spacial score (nSPS) is 31.3. The average molecular weight is 370 g/mol. The topological polar surface area (TPSA) is 72.8 Å². The summed E-state index contributed by atoms with van der Waals surface area (Å²) in [7, 11) is 1.63. The quantitative estimate of drug-likeness (QED) is 0.881. The molecule has 1 aromatic rings. The van der Waals surface area contributed by atoms with Gasteiger partial charge in [-0.3, -0.25) is 9.59 Å². The number of carbonyl (C=O) groups is 2. The number of ether oxygens (including phenoxy) is 2. The van der Waals surface area contributed by atoms with Gasteiger partial charge in [-0.1, -0.05) is 12.1 Å². The number of hydrogen-bond donors (Lipinski definition) is 1. The Morgan fingerprint density at radius 2 is 1.85 bits per heavy atom. The minimum absolute atomic E-state index is 0.0827. The van der Waals surface area contributed by atoms with Gasteiger partial charge in [0.25, 0.3) is 0 Å². The van der Waals surface area contributed by atoms with E-state index < -0.39 is 12.0 Å². The van der Waals surface area contributed by atoms with Gasteiger partial charge in [-0.05, 0) is 43.4 Å². The summed E-state index contributed by atoms with van der Waals surface area (Å²) in [6.45, 7) is 0. The first-order chi connectivity index (χ1) is 13.1. The van der Waals surface area contributed by atoms with Crippen molar-refractivity contribution in [2.75, 3.05) is 7.11 Å². The van der Waals surface area contributed by atoms with Crippen LogP contribution in [0, 0.1) is 11.8 Å². The highest BCUT2D eigenvalue weighted by atomic mass is 16.5. The number of rotatable bonds is 3. The second kappa shape index (κ2) is 7.47. The number of ketones is 2. The molecule has 27 heavy (non-hydrogen) atoms. The fourth-order valence-electron chi connectivity index (χ4n) is 4.83. The molecule has 5 nitrogen and oxygen atoms in total. The predicted molar refractivity (Wildman–Crippen MR) is 99.2 cm³/mol. The Bertz CT molecular complexity index is 763. The Hall–Kier alpha value is -2.14. The largest absolute Gasteiger partial charge is 0.497 e. The van der Waals surface area contributed by atoms with Crippen LogP contribution >= 0.6 is 0 Å². The van der Waals surface area contributed by atoms with Crippen molar-refractivity contribution in [3.8, 4) is 5.75 Å².